The van der Waals surface area contributed by atoms with Crippen molar-refractivity contribution < 1.29 is 18.9 Å². The van der Waals surface area contributed by atoms with Crippen LogP contribution in [0.4, 0.5) is 0 Å². The van der Waals surface area contributed by atoms with Crippen molar-refractivity contribution in [1.29, 1.82) is 0 Å². The molecule has 19 heavy (non-hydrogen) atoms. The standard InChI is InChI=1S/C18H23.Li/c1-12-8-13-10-15-16(11-14(13)9-12)18(4,5)7-6-17(15,2)3;/h8-11H,6-7H2,1-5H3;/q-1;+1. The molecule has 0 saturated carbocycles. The van der Waals surface area contributed by atoms with Crippen LogP contribution in [0.15, 0.2) is 24.3 Å². The summed E-state index contributed by atoms with van der Waals surface area (Å²) in [6, 6.07) is 9.51. The molecule has 96 valence electrons. The van der Waals surface area contributed by atoms with E-state index in [2.05, 4.69) is 58.9 Å². The molecule has 0 heterocycles. The molecule has 1 aliphatic carbocycles. The summed E-state index contributed by atoms with van der Waals surface area (Å²) in [6.07, 6.45) is 2.58. The molecule has 0 nitrogen and oxygen atoms in total. The number of benzene rings is 1. The van der Waals surface area contributed by atoms with E-state index in [0.29, 0.717) is 10.8 Å². The van der Waals surface area contributed by atoms with Crippen LogP contribution in [0.2, 0.25) is 0 Å². The van der Waals surface area contributed by atoms with E-state index in [9.17, 15) is 0 Å². The average molecular weight is 246 g/mol. The summed E-state index contributed by atoms with van der Waals surface area (Å²) in [7, 11) is 0. The zero-order valence-electron chi connectivity index (χ0n) is 13.2. The summed E-state index contributed by atoms with van der Waals surface area (Å²) >= 11 is 0. The predicted molar refractivity (Wildman–Crippen MR) is 79.6 cm³/mol. The van der Waals surface area contributed by atoms with Gasteiger partial charge in [-0.2, -0.15) is 6.07 Å². The van der Waals surface area contributed by atoms with E-state index >= 15 is 0 Å². The number of aryl methyl sites for hydroxylation is 1. The van der Waals surface area contributed by atoms with Gasteiger partial charge in [0, 0.05) is 0 Å². The van der Waals surface area contributed by atoms with Gasteiger partial charge in [0.2, 0.25) is 0 Å². The molecule has 2 aromatic carbocycles. The average Bonchev–Trinajstić information content (AvgIpc) is 2.62. The van der Waals surface area contributed by atoms with E-state index in [1.54, 1.807) is 11.1 Å². The molecule has 0 spiro atoms. The van der Waals surface area contributed by atoms with Crippen molar-refractivity contribution >= 4 is 10.8 Å². The molecule has 0 fully saturated rings. The Hall–Kier alpha value is -0.573. The molecule has 1 aliphatic rings. The van der Waals surface area contributed by atoms with Gasteiger partial charge < -0.3 is 0 Å². The Kier molecular flexibility index (Phi) is 3.49. The van der Waals surface area contributed by atoms with Gasteiger partial charge in [-0.15, -0.1) is 34.5 Å². The Bertz CT molecular complexity index is 561. The number of hydrogen-bond donors (Lipinski definition) is 0. The zero-order chi connectivity index (χ0) is 13.1. The van der Waals surface area contributed by atoms with Crippen LogP contribution in [0.25, 0.3) is 10.8 Å². The summed E-state index contributed by atoms with van der Waals surface area (Å²) in [5.41, 5.74) is 5.16. The Morgan fingerprint density at radius 3 is 2.00 bits per heavy atom. The van der Waals surface area contributed by atoms with Crippen molar-refractivity contribution in [3.05, 3.63) is 41.0 Å². The molecule has 0 radical (unpaired) electrons. The summed E-state index contributed by atoms with van der Waals surface area (Å²) in [5, 5.41) is 2.83. The van der Waals surface area contributed by atoms with Crippen LogP contribution in [0.5, 0.6) is 0 Å². The fourth-order valence-electron chi connectivity index (χ4n) is 3.43. The fourth-order valence-corrected chi connectivity index (χ4v) is 3.43. The van der Waals surface area contributed by atoms with Crippen LogP contribution in [-0.4, -0.2) is 0 Å². The molecular formula is C18H23Li. The third kappa shape index (κ3) is 2.30. The molecular weight excluding hydrogens is 223 g/mol. The Morgan fingerprint density at radius 2 is 1.42 bits per heavy atom. The SMILES string of the molecule is Cc1cc2cc3c(cc2[cH-]1)C(C)(C)CCC3(C)C.[Li+]. The van der Waals surface area contributed by atoms with E-state index < -0.39 is 0 Å². The second kappa shape index (κ2) is 4.47. The molecule has 2 aromatic rings. The Morgan fingerprint density at radius 1 is 0.895 bits per heavy atom. The van der Waals surface area contributed by atoms with Crippen molar-refractivity contribution in [1.82, 2.24) is 0 Å². The third-order valence-electron chi connectivity index (χ3n) is 4.82. The van der Waals surface area contributed by atoms with Gasteiger partial charge in [-0.3, -0.25) is 0 Å². The first-order chi connectivity index (χ1) is 8.29. The van der Waals surface area contributed by atoms with Gasteiger partial charge in [-0.25, -0.2) is 0 Å². The Labute approximate surface area is 129 Å². The number of rotatable bonds is 0. The maximum Gasteiger partial charge on any atom is 1.00 e. The van der Waals surface area contributed by atoms with Crippen molar-refractivity contribution in [2.75, 3.05) is 0 Å². The van der Waals surface area contributed by atoms with Crippen molar-refractivity contribution in [2.45, 2.75) is 58.3 Å². The van der Waals surface area contributed by atoms with Gasteiger partial charge in [0.05, 0.1) is 0 Å². The van der Waals surface area contributed by atoms with Gasteiger partial charge in [-0.1, -0.05) is 45.7 Å². The first kappa shape index (κ1) is 14.8. The molecule has 0 amide bonds. The van der Waals surface area contributed by atoms with Crippen LogP contribution in [0.3, 0.4) is 0 Å². The Balaban J connectivity index is 0.00000133. The van der Waals surface area contributed by atoms with Crippen LogP contribution >= 0.6 is 0 Å². The van der Waals surface area contributed by atoms with Crippen molar-refractivity contribution in [3.8, 4) is 0 Å². The predicted octanol–water partition coefficient (Wildman–Crippen LogP) is 2.22. The van der Waals surface area contributed by atoms with Crippen LogP contribution < -0.4 is 18.9 Å². The van der Waals surface area contributed by atoms with E-state index in [1.165, 1.54) is 29.2 Å². The van der Waals surface area contributed by atoms with E-state index in [1.807, 2.05) is 0 Å². The van der Waals surface area contributed by atoms with Gasteiger partial charge in [0.15, 0.2) is 0 Å². The smallest absolute Gasteiger partial charge is 0.165 e. The molecule has 0 unspecified atom stereocenters. The molecule has 0 bridgehead atoms. The van der Waals surface area contributed by atoms with E-state index in [0.717, 1.165) is 0 Å². The van der Waals surface area contributed by atoms with Crippen LogP contribution in [0.1, 0.15) is 57.2 Å². The molecule has 0 aliphatic heterocycles. The summed E-state index contributed by atoms with van der Waals surface area (Å²) in [6.45, 7) is 11.8. The molecule has 3 rings (SSSR count). The minimum absolute atomic E-state index is 0. The van der Waals surface area contributed by atoms with Gasteiger partial charge in [-0.05, 0) is 23.7 Å². The maximum absolute atomic E-state index is 2.44. The summed E-state index contributed by atoms with van der Waals surface area (Å²) < 4.78 is 0. The first-order valence-electron chi connectivity index (χ1n) is 7.02. The van der Waals surface area contributed by atoms with Gasteiger partial charge in [0.25, 0.3) is 0 Å². The van der Waals surface area contributed by atoms with E-state index in [4.69, 9.17) is 0 Å². The third-order valence-corrected chi connectivity index (χ3v) is 4.82. The monoisotopic (exact) mass is 246 g/mol. The number of hydrogen-bond acceptors (Lipinski definition) is 0. The molecule has 0 atom stereocenters. The molecule has 0 aromatic heterocycles. The van der Waals surface area contributed by atoms with Crippen LogP contribution in [0, 0.1) is 6.92 Å². The quantitative estimate of drug-likeness (QED) is 0.494. The molecule has 1 heteroatoms. The molecule has 0 N–H and O–H groups in total. The summed E-state index contributed by atoms with van der Waals surface area (Å²) in [5.74, 6) is 0. The van der Waals surface area contributed by atoms with Crippen molar-refractivity contribution in [3.63, 3.8) is 0 Å². The second-order valence-electron chi connectivity index (χ2n) is 7.33. The maximum atomic E-state index is 2.44. The zero-order valence-corrected chi connectivity index (χ0v) is 13.2. The van der Waals surface area contributed by atoms with Gasteiger partial charge >= 0.3 is 18.9 Å². The largest absolute Gasteiger partial charge is 1.00 e. The minimum atomic E-state index is 0. The topological polar surface area (TPSA) is 0 Å². The first-order valence-corrected chi connectivity index (χ1v) is 7.02. The van der Waals surface area contributed by atoms with Gasteiger partial charge in [0.1, 0.15) is 0 Å². The fraction of sp³-hybridized carbons (Fsp3) is 0.500. The summed E-state index contributed by atoms with van der Waals surface area (Å²) in [4.78, 5) is 0. The van der Waals surface area contributed by atoms with E-state index in [-0.39, 0.29) is 18.9 Å². The van der Waals surface area contributed by atoms with Crippen molar-refractivity contribution in [2.24, 2.45) is 0 Å². The minimum Gasteiger partial charge on any atom is -0.165 e. The molecule has 0 saturated heterocycles. The number of fused-ring (bicyclic) bond motifs is 2. The second-order valence-corrected chi connectivity index (χ2v) is 7.33. The van der Waals surface area contributed by atoms with Crippen LogP contribution in [-0.2, 0) is 10.8 Å². The normalized spacial score (nSPS) is 19.8.